The van der Waals surface area contributed by atoms with E-state index in [1.807, 2.05) is 6.07 Å². The molecule has 114 valence electrons. The number of nitrogens with zero attached hydrogens (tertiary/aromatic N) is 3. The fourth-order valence-corrected chi connectivity index (χ4v) is 2.72. The number of aromatic nitrogens is 1. The summed E-state index contributed by atoms with van der Waals surface area (Å²) in [5, 5.41) is 13.9. The van der Waals surface area contributed by atoms with Crippen LogP contribution < -0.4 is 10.2 Å². The molecule has 1 atom stereocenters. The van der Waals surface area contributed by atoms with Crippen LogP contribution in [0.25, 0.3) is 0 Å². The number of para-hydroxylation sites is 1. The van der Waals surface area contributed by atoms with E-state index in [2.05, 4.69) is 39.5 Å². The Hall–Kier alpha value is -2.63. The van der Waals surface area contributed by atoms with Crippen LogP contribution in [0.2, 0.25) is 0 Å². The Morgan fingerprint density at radius 3 is 2.77 bits per heavy atom. The van der Waals surface area contributed by atoms with Crippen molar-refractivity contribution in [1.82, 2.24) is 4.98 Å². The van der Waals surface area contributed by atoms with Crippen molar-refractivity contribution in [3.63, 3.8) is 0 Å². The Morgan fingerprint density at radius 1 is 1.27 bits per heavy atom. The van der Waals surface area contributed by atoms with E-state index in [-0.39, 0.29) is 5.69 Å². The summed E-state index contributed by atoms with van der Waals surface area (Å²) in [6, 6.07) is 13.5. The summed E-state index contributed by atoms with van der Waals surface area (Å²) in [6.07, 6.45) is 2.42. The molecule has 2 aromatic rings. The highest BCUT2D eigenvalue weighted by atomic mass is 16.6. The van der Waals surface area contributed by atoms with E-state index in [4.69, 9.17) is 0 Å². The molecule has 1 aliphatic rings. The van der Waals surface area contributed by atoms with Crippen molar-refractivity contribution in [1.29, 1.82) is 0 Å². The second kappa shape index (κ2) is 6.43. The first-order valence-electron chi connectivity index (χ1n) is 7.36. The highest BCUT2D eigenvalue weighted by Crippen LogP contribution is 2.23. The Bertz CT molecular complexity index is 630. The molecular weight excluding hydrogens is 280 g/mol. The molecule has 6 nitrogen and oxygen atoms in total. The summed E-state index contributed by atoms with van der Waals surface area (Å²) in [7, 11) is 0. The molecule has 6 heteroatoms. The fraction of sp³-hybridized carbons (Fsp3) is 0.312. The van der Waals surface area contributed by atoms with Crippen LogP contribution >= 0.6 is 0 Å². The molecule has 3 rings (SSSR count). The molecule has 0 saturated carbocycles. The Morgan fingerprint density at radius 2 is 2.09 bits per heavy atom. The van der Waals surface area contributed by atoms with Crippen molar-refractivity contribution in [2.45, 2.75) is 6.42 Å². The van der Waals surface area contributed by atoms with Gasteiger partial charge in [0.05, 0.1) is 4.92 Å². The first-order chi connectivity index (χ1) is 10.7. The van der Waals surface area contributed by atoms with Crippen molar-refractivity contribution in [2.24, 2.45) is 5.92 Å². The highest BCUT2D eigenvalue weighted by Gasteiger charge is 2.22. The predicted molar refractivity (Wildman–Crippen MR) is 86.1 cm³/mol. The van der Waals surface area contributed by atoms with Gasteiger partial charge in [-0.3, -0.25) is 10.1 Å². The molecular formula is C16H18N4O2. The third-order valence-electron chi connectivity index (χ3n) is 3.94. The zero-order valence-corrected chi connectivity index (χ0v) is 12.2. The molecule has 1 N–H and O–H groups in total. The number of anilines is 2. The Labute approximate surface area is 128 Å². The van der Waals surface area contributed by atoms with E-state index in [9.17, 15) is 10.1 Å². The second-order valence-electron chi connectivity index (χ2n) is 5.48. The third-order valence-corrected chi connectivity index (χ3v) is 3.94. The number of nitrogens with one attached hydrogen (secondary N) is 1. The molecule has 22 heavy (non-hydrogen) atoms. The van der Waals surface area contributed by atoms with Gasteiger partial charge in [0, 0.05) is 31.4 Å². The number of rotatable bonds is 5. The van der Waals surface area contributed by atoms with Crippen molar-refractivity contribution in [3.8, 4) is 0 Å². The van der Waals surface area contributed by atoms with Gasteiger partial charge in [-0.1, -0.05) is 18.2 Å². The molecule has 0 amide bonds. The second-order valence-corrected chi connectivity index (χ2v) is 5.48. The zero-order valence-electron chi connectivity index (χ0n) is 12.2. The predicted octanol–water partition coefficient (Wildman–Crippen LogP) is 2.93. The lowest BCUT2D eigenvalue weighted by Gasteiger charge is -2.18. The number of pyridine rings is 1. The molecule has 2 heterocycles. The van der Waals surface area contributed by atoms with Gasteiger partial charge < -0.3 is 10.2 Å². The van der Waals surface area contributed by atoms with Gasteiger partial charge in [-0.05, 0) is 30.5 Å². The molecule has 0 radical (unpaired) electrons. The lowest BCUT2D eigenvalue weighted by atomic mass is 10.1. The van der Waals surface area contributed by atoms with Crippen LogP contribution in [0.3, 0.4) is 0 Å². The maximum absolute atomic E-state index is 10.6. The van der Waals surface area contributed by atoms with Crippen LogP contribution in [-0.4, -0.2) is 29.5 Å². The van der Waals surface area contributed by atoms with Gasteiger partial charge in [0.2, 0.25) is 0 Å². The third kappa shape index (κ3) is 3.33. The average Bonchev–Trinajstić information content (AvgIpc) is 3.03. The van der Waals surface area contributed by atoms with Crippen LogP contribution in [-0.2, 0) is 0 Å². The number of nitro groups is 1. The largest absolute Gasteiger partial charge is 0.371 e. The maximum atomic E-state index is 10.6. The molecule has 0 aliphatic carbocycles. The van der Waals surface area contributed by atoms with Crippen LogP contribution in [0.4, 0.5) is 17.2 Å². The number of hydrogen-bond acceptors (Lipinski definition) is 5. The van der Waals surface area contributed by atoms with Crippen LogP contribution in [0.5, 0.6) is 0 Å². The molecule has 1 aromatic carbocycles. The van der Waals surface area contributed by atoms with Gasteiger partial charge in [0.25, 0.3) is 5.69 Å². The summed E-state index contributed by atoms with van der Waals surface area (Å²) in [5.74, 6) is 1.24. The smallest absolute Gasteiger partial charge is 0.287 e. The maximum Gasteiger partial charge on any atom is 0.287 e. The van der Waals surface area contributed by atoms with Crippen molar-refractivity contribution >= 4 is 17.2 Å². The summed E-state index contributed by atoms with van der Waals surface area (Å²) in [6.45, 7) is 2.90. The van der Waals surface area contributed by atoms with Crippen molar-refractivity contribution in [3.05, 3.63) is 58.8 Å². The normalized spacial score (nSPS) is 17.5. The van der Waals surface area contributed by atoms with Gasteiger partial charge in [-0.2, -0.15) is 0 Å². The number of benzene rings is 1. The lowest BCUT2D eigenvalue weighted by Crippen LogP contribution is -2.22. The zero-order chi connectivity index (χ0) is 15.4. The molecule has 1 unspecified atom stereocenters. The van der Waals surface area contributed by atoms with Crippen LogP contribution in [0.15, 0.2) is 48.7 Å². The average molecular weight is 298 g/mol. The SMILES string of the molecule is O=[N+]([O-])c1ccc(NCC2CCN(c3ccccc3)C2)nc1. The molecule has 1 saturated heterocycles. The lowest BCUT2D eigenvalue weighted by molar-refractivity contribution is -0.385. The minimum Gasteiger partial charge on any atom is -0.371 e. The molecule has 1 fully saturated rings. The first-order valence-corrected chi connectivity index (χ1v) is 7.36. The van der Waals surface area contributed by atoms with E-state index in [1.54, 1.807) is 6.07 Å². The molecule has 0 spiro atoms. The molecule has 1 aliphatic heterocycles. The monoisotopic (exact) mass is 298 g/mol. The summed E-state index contributed by atoms with van der Waals surface area (Å²) < 4.78 is 0. The summed E-state index contributed by atoms with van der Waals surface area (Å²) in [5.41, 5.74) is 1.28. The van der Waals surface area contributed by atoms with Crippen molar-refractivity contribution in [2.75, 3.05) is 29.9 Å². The van der Waals surface area contributed by atoms with Gasteiger partial charge in [-0.15, -0.1) is 0 Å². The van der Waals surface area contributed by atoms with Gasteiger partial charge >= 0.3 is 0 Å². The van der Waals surface area contributed by atoms with Gasteiger partial charge in [0.1, 0.15) is 12.0 Å². The van der Waals surface area contributed by atoms with E-state index in [0.717, 1.165) is 26.1 Å². The van der Waals surface area contributed by atoms with Crippen molar-refractivity contribution < 1.29 is 4.92 Å². The van der Waals surface area contributed by atoms with E-state index >= 15 is 0 Å². The fourth-order valence-electron chi connectivity index (χ4n) is 2.72. The molecule has 1 aromatic heterocycles. The Kier molecular flexibility index (Phi) is 4.18. The molecule has 0 bridgehead atoms. The Balaban J connectivity index is 1.51. The van der Waals surface area contributed by atoms with E-state index < -0.39 is 4.92 Å². The van der Waals surface area contributed by atoms with Gasteiger partial charge in [0.15, 0.2) is 0 Å². The van der Waals surface area contributed by atoms with Crippen LogP contribution in [0, 0.1) is 16.0 Å². The quantitative estimate of drug-likeness (QED) is 0.679. The number of hydrogen-bond donors (Lipinski definition) is 1. The van der Waals surface area contributed by atoms with E-state index in [0.29, 0.717) is 11.7 Å². The topological polar surface area (TPSA) is 71.3 Å². The highest BCUT2D eigenvalue weighted by molar-refractivity contribution is 5.47. The van der Waals surface area contributed by atoms with E-state index in [1.165, 1.54) is 18.0 Å². The first kappa shape index (κ1) is 14.3. The minimum absolute atomic E-state index is 0.0154. The standard InChI is InChI=1S/C16H18N4O2/c21-20(22)15-6-7-16(18-11-15)17-10-13-8-9-19(12-13)14-4-2-1-3-5-14/h1-7,11,13H,8-10,12H2,(H,17,18). The van der Waals surface area contributed by atoms with Crippen LogP contribution in [0.1, 0.15) is 6.42 Å². The summed E-state index contributed by atoms with van der Waals surface area (Å²) >= 11 is 0. The summed E-state index contributed by atoms with van der Waals surface area (Å²) in [4.78, 5) is 16.6. The van der Waals surface area contributed by atoms with Gasteiger partial charge in [-0.25, -0.2) is 4.98 Å². The minimum atomic E-state index is -0.439.